The number of hydrogen-bond donors (Lipinski definition) is 4. The Balaban J connectivity index is 1.94. The normalized spacial score (nSPS) is 10.9. The maximum absolute atomic E-state index is 12.1. The Morgan fingerprint density at radius 2 is 1.74 bits per heavy atom. The van der Waals surface area contributed by atoms with Crippen LogP contribution in [0.4, 0.5) is 5.69 Å². The van der Waals surface area contributed by atoms with Gasteiger partial charge in [0.2, 0.25) is 10.0 Å². The molecule has 2 aromatic rings. The fourth-order valence-electron chi connectivity index (χ4n) is 2.01. The Bertz CT molecular complexity index is 951. The molecule has 27 heavy (non-hydrogen) atoms. The maximum Gasteiger partial charge on any atom is 0.271 e. The number of benzene rings is 2. The Labute approximate surface area is 172 Å². The van der Waals surface area contributed by atoms with Crippen molar-refractivity contribution in [2.45, 2.75) is 11.8 Å². The molecule has 144 valence electrons. The summed E-state index contributed by atoms with van der Waals surface area (Å²) in [7, 11) is -3.52. The van der Waals surface area contributed by atoms with E-state index in [1.165, 1.54) is 24.3 Å². The van der Waals surface area contributed by atoms with Crippen molar-refractivity contribution in [1.29, 1.82) is 0 Å². The Hall–Kier alpha value is -1.91. The molecule has 4 N–H and O–H groups in total. The van der Waals surface area contributed by atoms with Crippen LogP contribution in [0.1, 0.15) is 17.3 Å². The van der Waals surface area contributed by atoms with Gasteiger partial charge in [0.1, 0.15) is 0 Å². The van der Waals surface area contributed by atoms with Gasteiger partial charge in [0.05, 0.1) is 15.5 Å². The van der Waals surface area contributed by atoms with Crippen LogP contribution in [0.5, 0.6) is 0 Å². The van der Waals surface area contributed by atoms with Crippen molar-refractivity contribution in [2.75, 3.05) is 11.9 Å². The number of hydrogen-bond acceptors (Lipinski definition) is 4. The zero-order valence-electron chi connectivity index (χ0n) is 14.0. The first-order chi connectivity index (χ1) is 12.7. The summed E-state index contributed by atoms with van der Waals surface area (Å²) in [6.07, 6.45) is 0. The third-order valence-corrected chi connectivity index (χ3v) is 5.55. The molecule has 11 heteroatoms. The van der Waals surface area contributed by atoms with Crippen molar-refractivity contribution in [2.24, 2.45) is 0 Å². The summed E-state index contributed by atoms with van der Waals surface area (Å²) in [5.41, 5.74) is 5.66. The third-order valence-electron chi connectivity index (χ3n) is 3.22. The van der Waals surface area contributed by atoms with Crippen molar-refractivity contribution in [3.8, 4) is 0 Å². The summed E-state index contributed by atoms with van der Waals surface area (Å²) in [6.45, 7) is 2.00. The van der Waals surface area contributed by atoms with Crippen LogP contribution < -0.4 is 20.9 Å². The predicted molar refractivity (Wildman–Crippen MR) is 111 cm³/mol. The molecule has 0 aromatic heterocycles. The third kappa shape index (κ3) is 6.05. The summed E-state index contributed by atoms with van der Waals surface area (Å²) in [5.74, 6) is -0.515. The van der Waals surface area contributed by atoms with Gasteiger partial charge in [0, 0.05) is 17.3 Å². The smallest absolute Gasteiger partial charge is 0.271 e. The van der Waals surface area contributed by atoms with E-state index in [2.05, 4.69) is 20.9 Å². The standard InChI is InChI=1S/C16H16Cl2N4O3S2/c1-2-19-27(24,25)12-6-4-11(5-7-12)20-16(26)22-21-15(23)13-9-10(17)3-8-14(13)18/h3-9,19H,2H2,1H3,(H,21,23)(H2,20,22,26). The Morgan fingerprint density at radius 1 is 1.07 bits per heavy atom. The fraction of sp³-hybridized carbons (Fsp3) is 0.125. The van der Waals surface area contributed by atoms with Gasteiger partial charge in [0.25, 0.3) is 5.91 Å². The number of sulfonamides is 1. The maximum atomic E-state index is 12.1. The number of carbonyl (C=O) groups is 1. The van der Waals surface area contributed by atoms with Gasteiger partial charge in [-0.25, -0.2) is 13.1 Å². The second-order valence-corrected chi connectivity index (χ2v) is 8.20. The van der Waals surface area contributed by atoms with Crippen LogP contribution in [-0.2, 0) is 10.0 Å². The molecule has 0 atom stereocenters. The van der Waals surface area contributed by atoms with Crippen molar-refractivity contribution < 1.29 is 13.2 Å². The van der Waals surface area contributed by atoms with Crippen LogP contribution in [0.3, 0.4) is 0 Å². The summed E-state index contributed by atoms with van der Waals surface area (Å²) in [6, 6.07) is 10.5. The number of thiocarbonyl (C=S) groups is 1. The zero-order chi connectivity index (χ0) is 20.0. The van der Waals surface area contributed by atoms with Crippen LogP contribution in [0.25, 0.3) is 0 Å². The molecule has 2 rings (SSSR count). The van der Waals surface area contributed by atoms with E-state index in [-0.39, 0.29) is 20.6 Å². The van der Waals surface area contributed by atoms with Gasteiger partial charge in [-0.15, -0.1) is 0 Å². The van der Waals surface area contributed by atoms with E-state index in [1.807, 2.05) is 0 Å². The summed E-state index contributed by atoms with van der Waals surface area (Å²) in [5, 5.41) is 3.54. The summed E-state index contributed by atoms with van der Waals surface area (Å²) >= 11 is 16.9. The van der Waals surface area contributed by atoms with Gasteiger partial charge < -0.3 is 5.32 Å². The van der Waals surface area contributed by atoms with Gasteiger partial charge >= 0.3 is 0 Å². The van der Waals surface area contributed by atoms with E-state index in [1.54, 1.807) is 25.1 Å². The van der Waals surface area contributed by atoms with E-state index < -0.39 is 15.9 Å². The highest BCUT2D eigenvalue weighted by molar-refractivity contribution is 7.89. The van der Waals surface area contributed by atoms with E-state index in [0.717, 1.165) is 0 Å². The number of nitrogens with one attached hydrogen (secondary N) is 4. The number of rotatable bonds is 5. The van der Waals surface area contributed by atoms with Crippen molar-refractivity contribution >= 4 is 62.2 Å². The number of anilines is 1. The second-order valence-electron chi connectivity index (χ2n) is 5.18. The molecule has 0 aliphatic carbocycles. The van der Waals surface area contributed by atoms with Crippen LogP contribution in [0.2, 0.25) is 10.0 Å². The van der Waals surface area contributed by atoms with Gasteiger partial charge in [-0.05, 0) is 54.7 Å². The molecule has 0 saturated carbocycles. The van der Waals surface area contributed by atoms with Crippen LogP contribution in [-0.4, -0.2) is 26.0 Å². The molecular formula is C16H16Cl2N4O3S2. The highest BCUT2D eigenvalue weighted by atomic mass is 35.5. The average Bonchev–Trinajstić information content (AvgIpc) is 2.62. The summed E-state index contributed by atoms with van der Waals surface area (Å²) < 4.78 is 26.2. The molecule has 0 aliphatic heterocycles. The van der Waals surface area contributed by atoms with Crippen LogP contribution in [0, 0.1) is 0 Å². The minimum absolute atomic E-state index is 0.101. The van der Waals surface area contributed by atoms with Crippen LogP contribution in [0.15, 0.2) is 47.4 Å². The molecule has 0 bridgehead atoms. The van der Waals surface area contributed by atoms with Gasteiger partial charge in [-0.2, -0.15) is 0 Å². The minimum Gasteiger partial charge on any atom is -0.331 e. The lowest BCUT2D eigenvalue weighted by Gasteiger charge is -2.13. The van der Waals surface area contributed by atoms with Gasteiger partial charge in [0.15, 0.2) is 5.11 Å². The molecular weight excluding hydrogens is 431 g/mol. The SMILES string of the molecule is CCNS(=O)(=O)c1ccc(NC(=S)NNC(=O)c2cc(Cl)ccc2Cl)cc1. The van der Waals surface area contributed by atoms with Crippen molar-refractivity contribution in [1.82, 2.24) is 15.6 Å². The second kappa shape index (κ2) is 9.34. The number of carbonyl (C=O) groups excluding carboxylic acids is 1. The zero-order valence-corrected chi connectivity index (χ0v) is 17.2. The quantitative estimate of drug-likeness (QED) is 0.416. The molecule has 2 aromatic carbocycles. The van der Waals surface area contributed by atoms with Crippen LogP contribution >= 0.6 is 35.4 Å². The lowest BCUT2D eigenvalue weighted by atomic mass is 10.2. The monoisotopic (exact) mass is 446 g/mol. The van der Waals surface area contributed by atoms with Gasteiger partial charge in [-0.3, -0.25) is 15.6 Å². The first-order valence-corrected chi connectivity index (χ1v) is 10.3. The molecule has 1 amide bonds. The molecule has 0 fully saturated rings. The first-order valence-electron chi connectivity index (χ1n) is 7.65. The average molecular weight is 447 g/mol. The first kappa shape index (κ1) is 21.4. The molecule has 7 nitrogen and oxygen atoms in total. The lowest BCUT2D eigenvalue weighted by molar-refractivity contribution is 0.0944. The largest absolute Gasteiger partial charge is 0.331 e. The number of amides is 1. The Morgan fingerprint density at radius 3 is 2.37 bits per heavy atom. The van der Waals surface area contributed by atoms with Gasteiger partial charge in [-0.1, -0.05) is 30.1 Å². The van der Waals surface area contributed by atoms with Crippen molar-refractivity contribution in [3.05, 3.63) is 58.1 Å². The lowest BCUT2D eigenvalue weighted by Crippen LogP contribution is -2.43. The van der Waals surface area contributed by atoms with E-state index >= 15 is 0 Å². The number of halogens is 2. The molecule has 0 heterocycles. The van der Waals surface area contributed by atoms with E-state index in [9.17, 15) is 13.2 Å². The molecule has 0 spiro atoms. The molecule has 0 radical (unpaired) electrons. The van der Waals surface area contributed by atoms with Crippen molar-refractivity contribution in [3.63, 3.8) is 0 Å². The topological polar surface area (TPSA) is 99.3 Å². The van der Waals surface area contributed by atoms with E-state index in [4.69, 9.17) is 35.4 Å². The molecule has 0 aliphatic rings. The highest BCUT2D eigenvalue weighted by Crippen LogP contribution is 2.20. The summed E-state index contributed by atoms with van der Waals surface area (Å²) in [4.78, 5) is 12.3. The minimum atomic E-state index is -3.52. The molecule has 0 unspecified atom stereocenters. The number of hydrazine groups is 1. The fourth-order valence-corrected chi connectivity index (χ4v) is 3.59. The van der Waals surface area contributed by atoms with E-state index in [0.29, 0.717) is 17.3 Å². The predicted octanol–water partition coefficient (Wildman–Crippen LogP) is 2.92. The highest BCUT2D eigenvalue weighted by Gasteiger charge is 2.13. The molecule has 0 saturated heterocycles. The Kier molecular flexibility index (Phi) is 7.40.